The van der Waals surface area contributed by atoms with E-state index in [0.29, 0.717) is 11.5 Å². The van der Waals surface area contributed by atoms with E-state index in [-0.39, 0.29) is 28.5 Å². The van der Waals surface area contributed by atoms with Gasteiger partial charge in [-0.2, -0.15) is 0 Å². The molecule has 10 heteroatoms. The summed E-state index contributed by atoms with van der Waals surface area (Å²) in [7, 11) is -1.20. The largest absolute Gasteiger partial charge is 0.497 e. The number of rotatable bonds is 9. The smallest absolute Gasteiger partial charge is 0.270 e. The van der Waals surface area contributed by atoms with E-state index < -0.39 is 14.9 Å². The molecule has 0 amide bonds. The highest BCUT2D eigenvalue weighted by molar-refractivity contribution is 7.93. The van der Waals surface area contributed by atoms with E-state index in [1.165, 1.54) is 25.3 Å². The quantitative estimate of drug-likeness (QED) is 0.378. The van der Waals surface area contributed by atoms with Crippen LogP contribution < -0.4 is 19.5 Å². The molecule has 0 aliphatic heterocycles. The number of nitro benzene ring substituents is 1. The molecule has 0 saturated heterocycles. The van der Waals surface area contributed by atoms with E-state index in [9.17, 15) is 18.5 Å². The maximum atomic E-state index is 13.1. The number of benzene rings is 3. The second-order valence-corrected chi connectivity index (χ2v) is 8.10. The van der Waals surface area contributed by atoms with Crippen LogP contribution in [0.25, 0.3) is 0 Å². The summed E-state index contributed by atoms with van der Waals surface area (Å²) in [6.45, 7) is 0.284. The number of nitro groups is 1. The molecule has 3 rings (SSSR count). The number of non-ortho nitro benzene ring substituents is 1. The first-order chi connectivity index (χ1) is 14.8. The fraction of sp³-hybridized carbons (Fsp3) is 0.143. The molecule has 0 fully saturated rings. The lowest BCUT2D eigenvalue weighted by atomic mass is 10.2. The highest BCUT2D eigenvalue weighted by Gasteiger charge is 2.23. The van der Waals surface area contributed by atoms with Crippen molar-refractivity contribution in [2.75, 3.05) is 24.3 Å². The second kappa shape index (κ2) is 9.35. The Bertz CT molecular complexity index is 1200. The summed E-state index contributed by atoms with van der Waals surface area (Å²) in [6, 6.07) is 17.4. The number of para-hydroxylation sites is 2. The van der Waals surface area contributed by atoms with Gasteiger partial charge >= 0.3 is 0 Å². The molecular weight excluding hydrogens is 422 g/mol. The lowest BCUT2D eigenvalue weighted by molar-refractivity contribution is -0.385. The zero-order valence-corrected chi connectivity index (χ0v) is 17.7. The number of ether oxygens (including phenoxy) is 2. The highest BCUT2D eigenvalue weighted by Crippen LogP contribution is 2.31. The molecule has 0 aromatic heterocycles. The van der Waals surface area contributed by atoms with E-state index in [4.69, 9.17) is 9.47 Å². The first-order valence-electron chi connectivity index (χ1n) is 9.15. The highest BCUT2D eigenvalue weighted by atomic mass is 32.2. The Labute approximate surface area is 179 Å². The second-order valence-electron chi connectivity index (χ2n) is 6.45. The van der Waals surface area contributed by atoms with Crippen molar-refractivity contribution in [2.24, 2.45) is 0 Å². The molecule has 0 atom stereocenters. The fourth-order valence-corrected chi connectivity index (χ4v) is 4.18. The summed E-state index contributed by atoms with van der Waals surface area (Å²) in [5, 5.41) is 14.3. The zero-order chi connectivity index (χ0) is 22.4. The van der Waals surface area contributed by atoms with Crippen molar-refractivity contribution in [1.82, 2.24) is 0 Å². The normalized spacial score (nSPS) is 10.9. The summed E-state index contributed by atoms with van der Waals surface area (Å²) in [4.78, 5) is 10.3. The van der Waals surface area contributed by atoms with E-state index in [0.717, 1.165) is 11.6 Å². The fourth-order valence-electron chi connectivity index (χ4n) is 2.90. The number of nitrogens with zero attached hydrogens (tertiary/aromatic N) is 1. The van der Waals surface area contributed by atoms with Gasteiger partial charge in [0.15, 0.2) is 0 Å². The van der Waals surface area contributed by atoms with Gasteiger partial charge in [-0.25, -0.2) is 8.42 Å². The van der Waals surface area contributed by atoms with Gasteiger partial charge in [-0.3, -0.25) is 14.8 Å². The Morgan fingerprint density at radius 2 is 1.71 bits per heavy atom. The standard InChI is InChI=1S/C21H21N3O6S/c1-29-17-7-5-6-15(12-17)14-22-19-11-10-16(24(25)26)13-21(19)31(27,28)23-18-8-3-4-9-20(18)30-2/h3-13,22-23H,14H2,1-2H3. The van der Waals surface area contributed by atoms with Crippen molar-refractivity contribution in [3.8, 4) is 11.5 Å². The van der Waals surface area contributed by atoms with Crippen LogP contribution in [-0.2, 0) is 16.6 Å². The lowest BCUT2D eigenvalue weighted by Gasteiger charge is -2.15. The minimum absolute atomic E-state index is 0.218. The van der Waals surface area contributed by atoms with E-state index in [1.54, 1.807) is 37.4 Å². The SMILES string of the molecule is COc1cccc(CNc2ccc([N+](=O)[O-])cc2S(=O)(=O)Nc2ccccc2OC)c1. The van der Waals surface area contributed by atoms with Crippen molar-refractivity contribution in [3.05, 3.63) is 82.4 Å². The third kappa shape index (κ3) is 5.23. The van der Waals surface area contributed by atoms with Gasteiger partial charge in [-0.15, -0.1) is 0 Å². The first-order valence-corrected chi connectivity index (χ1v) is 10.6. The van der Waals surface area contributed by atoms with Crippen molar-refractivity contribution >= 4 is 27.1 Å². The predicted molar refractivity (Wildman–Crippen MR) is 117 cm³/mol. The zero-order valence-electron chi connectivity index (χ0n) is 16.9. The van der Waals surface area contributed by atoms with Crippen LogP contribution in [0.2, 0.25) is 0 Å². The van der Waals surface area contributed by atoms with Crippen molar-refractivity contribution < 1.29 is 22.8 Å². The average Bonchev–Trinajstić information content (AvgIpc) is 2.77. The first kappa shape index (κ1) is 21.9. The van der Waals surface area contributed by atoms with Crippen LogP contribution in [0.3, 0.4) is 0 Å². The van der Waals surface area contributed by atoms with Crippen LogP contribution in [-0.4, -0.2) is 27.6 Å². The van der Waals surface area contributed by atoms with Gasteiger partial charge in [0.1, 0.15) is 16.4 Å². The Morgan fingerprint density at radius 1 is 0.935 bits per heavy atom. The monoisotopic (exact) mass is 443 g/mol. The van der Waals surface area contributed by atoms with Gasteiger partial charge in [0.25, 0.3) is 15.7 Å². The van der Waals surface area contributed by atoms with Gasteiger partial charge in [-0.1, -0.05) is 24.3 Å². The molecule has 0 radical (unpaired) electrons. The molecule has 3 aromatic rings. The number of hydrogen-bond donors (Lipinski definition) is 2. The van der Waals surface area contributed by atoms with Crippen LogP contribution in [0, 0.1) is 10.1 Å². The van der Waals surface area contributed by atoms with Gasteiger partial charge in [0.05, 0.1) is 30.5 Å². The molecule has 0 aliphatic rings. The van der Waals surface area contributed by atoms with Gasteiger partial charge in [-0.05, 0) is 35.9 Å². The third-order valence-electron chi connectivity index (χ3n) is 4.43. The maximum absolute atomic E-state index is 13.1. The summed E-state index contributed by atoms with van der Waals surface area (Å²) < 4.78 is 39.1. The van der Waals surface area contributed by atoms with Crippen molar-refractivity contribution in [2.45, 2.75) is 11.4 Å². The van der Waals surface area contributed by atoms with Gasteiger partial charge < -0.3 is 14.8 Å². The van der Waals surface area contributed by atoms with Crippen LogP contribution in [0.1, 0.15) is 5.56 Å². The number of hydrogen-bond acceptors (Lipinski definition) is 7. The Kier molecular flexibility index (Phi) is 6.61. The molecular formula is C21H21N3O6S. The molecule has 0 bridgehead atoms. The molecule has 3 aromatic carbocycles. The van der Waals surface area contributed by atoms with Crippen LogP contribution in [0.4, 0.5) is 17.1 Å². The number of anilines is 2. The third-order valence-corrected chi connectivity index (χ3v) is 5.84. The average molecular weight is 443 g/mol. The molecule has 162 valence electrons. The minimum atomic E-state index is -4.17. The molecule has 0 saturated carbocycles. The van der Waals surface area contributed by atoms with Gasteiger partial charge in [0.2, 0.25) is 0 Å². The maximum Gasteiger partial charge on any atom is 0.270 e. The molecule has 0 spiro atoms. The molecule has 0 heterocycles. The number of methoxy groups -OCH3 is 2. The topological polar surface area (TPSA) is 120 Å². The molecule has 0 aliphatic carbocycles. The van der Waals surface area contributed by atoms with E-state index in [1.807, 2.05) is 12.1 Å². The number of nitrogens with one attached hydrogen (secondary N) is 2. The number of sulfonamides is 1. The predicted octanol–water partition coefficient (Wildman–Crippen LogP) is 4.02. The van der Waals surface area contributed by atoms with Crippen LogP contribution >= 0.6 is 0 Å². The molecule has 9 nitrogen and oxygen atoms in total. The Balaban J connectivity index is 1.96. The minimum Gasteiger partial charge on any atom is -0.497 e. The van der Waals surface area contributed by atoms with Crippen LogP contribution in [0.5, 0.6) is 11.5 Å². The Morgan fingerprint density at radius 3 is 2.42 bits per heavy atom. The van der Waals surface area contributed by atoms with Crippen LogP contribution in [0.15, 0.2) is 71.6 Å². The summed E-state index contributed by atoms with van der Waals surface area (Å²) in [6.07, 6.45) is 0. The lowest BCUT2D eigenvalue weighted by Crippen LogP contribution is -2.16. The van der Waals surface area contributed by atoms with Crippen molar-refractivity contribution in [3.63, 3.8) is 0 Å². The summed E-state index contributed by atoms with van der Waals surface area (Å²) in [5.41, 5.74) is 0.942. The molecule has 31 heavy (non-hydrogen) atoms. The summed E-state index contributed by atoms with van der Waals surface area (Å²) in [5.74, 6) is 0.982. The van der Waals surface area contributed by atoms with E-state index in [2.05, 4.69) is 10.0 Å². The Hall–Kier alpha value is -3.79. The van der Waals surface area contributed by atoms with Crippen molar-refractivity contribution in [1.29, 1.82) is 0 Å². The molecule has 2 N–H and O–H groups in total. The summed E-state index contributed by atoms with van der Waals surface area (Å²) >= 11 is 0. The molecule has 0 unspecified atom stereocenters. The van der Waals surface area contributed by atoms with Gasteiger partial charge in [0, 0.05) is 18.7 Å². The van der Waals surface area contributed by atoms with E-state index >= 15 is 0 Å².